The number of benzene rings is 2. The molecule has 20 heavy (non-hydrogen) atoms. The van der Waals surface area contributed by atoms with Crippen molar-refractivity contribution in [2.75, 3.05) is 5.32 Å². The molecule has 2 rings (SSSR count). The van der Waals surface area contributed by atoms with E-state index in [9.17, 15) is 10.1 Å². The van der Waals surface area contributed by atoms with Crippen molar-refractivity contribution in [2.45, 2.75) is 6.54 Å². The lowest BCUT2D eigenvalue weighted by atomic mass is 10.2. The van der Waals surface area contributed by atoms with E-state index in [1.54, 1.807) is 0 Å². The highest BCUT2D eigenvalue weighted by atomic mass is 16.6. The van der Waals surface area contributed by atoms with Crippen LogP contribution in [0.2, 0.25) is 0 Å². The van der Waals surface area contributed by atoms with Gasteiger partial charge in [-0.25, -0.2) is 0 Å². The molecule has 0 spiro atoms. The number of hydrogen-bond donors (Lipinski definition) is 2. The Morgan fingerprint density at radius 3 is 2.25 bits per heavy atom. The van der Waals surface area contributed by atoms with Crippen molar-refractivity contribution in [2.24, 2.45) is 0 Å². The first kappa shape index (κ1) is 13.6. The number of nitro groups is 1. The monoisotopic (exact) mass is 269 g/mol. The van der Waals surface area contributed by atoms with Gasteiger partial charge in [0.1, 0.15) is 0 Å². The highest BCUT2D eigenvalue weighted by molar-refractivity contribution is 5.47. The van der Waals surface area contributed by atoms with Crippen LogP contribution in [0.5, 0.6) is 0 Å². The Bertz CT molecular complexity index is 583. The van der Waals surface area contributed by atoms with Crippen molar-refractivity contribution < 1.29 is 4.92 Å². The zero-order valence-corrected chi connectivity index (χ0v) is 10.8. The Morgan fingerprint density at radius 1 is 1.05 bits per heavy atom. The van der Waals surface area contributed by atoms with Crippen LogP contribution in [0, 0.1) is 10.1 Å². The minimum Gasteiger partial charge on any atom is -0.362 e. The molecule has 0 aliphatic heterocycles. The van der Waals surface area contributed by atoms with Crippen LogP contribution >= 0.6 is 0 Å². The molecule has 0 heterocycles. The number of nitrogens with zero attached hydrogens (tertiary/aromatic N) is 1. The Morgan fingerprint density at radius 2 is 1.65 bits per heavy atom. The van der Waals surface area contributed by atoms with E-state index in [1.165, 1.54) is 0 Å². The summed E-state index contributed by atoms with van der Waals surface area (Å²) in [5.74, 6) is 0.352. The van der Waals surface area contributed by atoms with Crippen LogP contribution in [-0.4, -0.2) is 4.92 Å². The first-order valence-electron chi connectivity index (χ1n) is 6.19. The van der Waals surface area contributed by atoms with Gasteiger partial charge in [0.2, 0.25) is 0 Å². The Balaban J connectivity index is 2.03. The molecule has 0 atom stereocenters. The van der Waals surface area contributed by atoms with Crippen LogP contribution in [0.4, 0.5) is 5.69 Å². The second-order valence-electron chi connectivity index (χ2n) is 4.16. The molecule has 2 aromatic carbocycles. The van der Waals surface area contributed by atoms with E-state index in [4.69, 9.17) is 0 Å². The number of rotatable bonds is 6. The predicted octanol–water partition coefficient (Wildman–Crippen LogP) is 2.96. The molecular weight excluding hydrogens is 254 g/mol. The maximum absolute atomic E-state index is 10.7. The summed E-state index contributed by atoms with van der Waals surface area (Å²) >= 11 is 0. The Labute approximate surface area is 117 Å². The van der Waals surface area contributed by atoms with E-state index in [-0.39, 0.29) is 0 Å². The average Bonchev–Trinajstić information content (AvgIpc) is 2.46. The molecule has 0 radical (unpaired) electrons. The van der Waals surface area contributed by atoms with Crippen LogP contribution in [0.3, 0.4) is 0 Å². The van der Waals surface area contributed by atoms with Crippen molar-refractivity contribution in [3.8, 4) is 0 Å². The summed E-state index contributed by atoms with van der Waals surface area (Å²) in [6.07, 6.45) is 0.927. The van der Waals surface area contributed by atoms with Crippen molar-refractivity contribution in [3.05, 3.63) is 88.4 Å². The van der Waals surface area contributed by atoms with Gasteiger partial charge in [0.15, 0.2) is 5.82 Å². The van der Waals surface area contributed by atoms with Crippen LogP contribution in [0.25, 0.3) is 0 Å². The third kappa shape index (κ3) is 4.45. The molecule has 0 aromatic heterocycles. The van der Waals surface area contributed by atoms with Gasteiger partial charge in [-0.15, -0.1) is 0 Å². The van der Waals surface area contributed by atoms with Crippen LogP contribution in [0.1, 0.15) is 5.56 Å². The maximum Gasteiger partial charge on any atom is 0.274 e. The van der Waals surface area contributed by atoms with Gasteiger partial charge in [0.05, 0.1) is 4.92 Å². The molecule has 0 saturated heterocycles. The fourth-order valence-corrected chi connectivity index (χ4v) is 1.70. The van der Waals surface area contributed by atoms with E-state index in [0.717, 1.165) is 17.5 Å². The van der Waals surface area contributed by atoms with Gasteiger partial charge in [-0.2, -0.15) is 0 Å². The predicted molar refractivity (Wildman–Crippen MR) is 78.4 cm³/mol. The Hall–Kier alpha value is -2.82. The maximum atomic E-state index is 10.7. The molecule has 0 bridgehead atoms. The van der Waals surface area contributed by atoms with Gasteiger partial charge in [-0.3, -0.25) is 10.1 Å². The van der Waals surface area contributed by atoms with Crippen molar-refractivity contribution in [1.82, 2.24) is 5.32 Å². The molecule has 2 aromatic rings. The lowest BCUT2D eigenvalue weighted by molar-refractivity contribution is -0.403. The van der Waals surface area contributed by atoms with Crippen molar-refractivity contribution in [3.63, 3.8) is 0 Å². The summed E-state index contributed by atoms with van der Waals surface area (Å²) in [4.78, 5) is 10.2. The van der Waals surface area contributed by atoms with Crippen LogP contribution in [0.15, 0.2) is 72.7 Å². The summed E-state index contributed by atoms with van der Waals surface area (Å²) in [6.45, 7) is 0.514. The van der Waals surface area contributed by atoms with E-state index >= 15 is 0 Å². The lowest BCUT2D eigenvalue weighted by Crippen LogP contribution is -2.20. The van der Waals surface area contributed by atoms with Crippen LogP contribution < -0.4 is 10.6 Å². The summed E-state index contributed by atoms with van der Waals surface area (Å²) in [5, 5.41) is 16.7. The van der Waals surface area contributed by atoms with E-state index in [0.29, 0.717) is 12.4 Å². The molecule has 0 aliphatic carbocycles. The highest BCUT2D eigenvalue weighted by Crippen LogP contribution is 2.08. The van der Waals surface area contributed by atoms with Crippen LogP contribution in [-0.2, 0) is 6.54 Å². The average molecular weight is 269 g/mol. The van der Waals surface area contributed by atoms with Gasteiger partial charge in [-0.1, -0.05) is 48.5 Å². The summed E-state index contributed by atoms with van der Waals surface area (Å²) in [7, 11) is 0. The number of hydrogen-bond acceptors (Lipinski definition) is 4. The van der Waals surface area contributed by atoms with E-state index in [1.807, 2.05) is 60.7 Å². The summed E-state index contributed by atoms with van der Waals surface area (Å²) in [6, 6.07) is 19.0. The fourth-order valence-electron chi connectivity index (χ4n) is 1.70. The standard InChI is InChI=1S/C15H15N3O2/c19-18(20)12-15(17-14-9-5-2-6-10-14)16-11-13-7-3-1-4-8-13/h1-10,12,16-17H,11H2/b15-12+. The largest absolute Gasteiger partial charge is 0.362 e. The molecule has 0 unspecified atom stereocenters. The van der Waals surface area contributed by atoms with Gasteiger partial charge in [-0.05, 0) is 17.7 Å². The normalized spacial score (nSPS) is 10.9. The Kier molecular flexibility index (Phi) is 4.72. The first-order chi connectivity index (χ1) is 9.74. The minimum absolute atomic E-state index is 0.352. The summed E-state index contributed by atoms with van der Waals surface area (Å²) in [5.41, 5.74) is 1.85. The second kappa shape index (κ2) is 6.94. The molecule has 0 amide bonds. The third-order valence-corrected chi connectivity index (χ3v) is 2.61. The fraction of sp³-hybridized carbons (Fsp3) is 0.0667. The van der Waals surface area contributed by atoms with E-state index in [2.05, 4.69) is 10.6 Å². The minimum atomic E-state index is -0.483. The lowest BCUT2D eigenvalue weighted by Gasteiger charge is -2.11. The molecule has 0 saturated carbocycles. The van der Waals surface area contributed by atoms with Gasteiger partial charge >= 0.3 is 0 Å². The molecular formula is C15H15N3O2. The zero-order valence-electron chi connectivity index (χ0n) is 10.8. The smallest absolute Gasteiger partial charge is 0.274 e. The number of nitrogens with one attached hydrogen (secondary N) is 2. The second-order valence-corrected chi connectivity index (χ2v) is 4.16. The zero-order chi connectivity index (χ0) is 14.2. The van der Waals surface area contributed by atoms with Crippen molar-refractivity contribution >= 4 is 5.69 Å². The molecule has 5 heteroatoms. The molecule has 0 aliphatic rings. The van der Waals surface area contributed by atoms with Gasteiger partial charge in [0, 0.05) is 12.2 Å². The quantitative estimate of drug-likeness (QED) is 0.625. The molecule has 2 N–H and O–H groups in total. The van der Waals surface area contributed by atoms with Crippen molar-refractivity contribution in [1.29, 1.82) is 0 Å². The highest BCUT2D eigenvalue weighted by Gasteiger charge is 2.03. The third-order valence-electron chi connectivity index (χ3n) is 2.61. The SMILES string of the molecule is O=[N+]([O-])/C=C(\NCc1ccccc1)Nc1ccccc1. The summed E-state index contributed by atoms with van der Waals surface area (Å²) < 4.78 is 0. The molecule has 102 valence electrons. The van der Waals surface area contributed by atoms with Gasteiger partial charge < -0.3 is 10.6 Å². The number of anilines is 1. The molecule has 5 nitrogen and oxygen atoms in total. The number of para-hydroxylation sites is 1. The molecule has 0 fully saturated rings. The van der Waals surface area contributed by atoms with E-state index < -0.39 is 4.92 Å². The van der Waals surface area contributed by atoms with Gasteiger partial charge in [0.25, 0.3) is 6.20 Å². The first-order valence-corrected chi connectivity index (χ1v) is 6.19. The topological polar surface area (TPSA) is 67.2 Å².